The van der Waals surface area contributed by atoms with Gasteiger partial charge in [-0.3, -0.25) is 4.79 Å². The maximum atomic E-state index is 12.4. The molecule has 1 fully saturated rings. The summed E-state index contributed by atoms with van der Waals surface area (Å²) in [6, 6.07) is 14.1. The van der Waals surface area contributed by atoms with Crippen molar-refractivity contribution in [2.24, 2.45) is 5.92 Å². The topological polar surface area (TPSA) is 29.5 Å². The standard InChI is InChI=1S/C18H21NO2S/c20-18(17-9-5-11-22-17)19-10-4-8-16(12-19)14-21-13-15-6-2-1-3-7-15/h1-3,5-7,9,11,16H,4,8,10,12-14H2/t16-/m0/s1. The van der Waals surface area contributed by atoms with Gasteiger partial charge in [0.25, 0.3) is 5.91 Å². The van der Waals surface area contributed by atoms with Crippen LogP contribution >= 0.6 is 11.3 Å². The zero-order chi connectivity index (χ0) is 15.2. The van der Waals surface area contributed by atoms with E-state index < -0.39 is 0 Å². The van der Waals surface area contributed by atoms with Gasteiger partial charge in [0.1, 0.15) is 0 Å². The van der Waals surface area contributed by atoms with E-state index in [2.05, 4.69) is 12.1 Å². The van der Waals surface area contributed by atoms with Gasteiger partial charge < -0.3 is 9.64 Å². The maximum absolute atomic E-state index is 12.4. The van der Waals surface area contributed by atoms with Crippen LogP contribution in [0.15, 0.2) is 47.8 Å². The molecule has 0 N–H and O–H groups in total. The predicted octanol–water partition coefficient (Wildman–Crippen LogP) is 3.82. The second-order valence-electron chi connectivity index (χ2n) is 5.74. The quantitative estimate of drug-likeness (QED) is 0.839. The summed E-state index contributed by atoms with van der Waals surface area (Å²) in [6.07, 6.45) is 2.21. The number of ether oxygens (including phenoxy) is 1. The van der Waals surface area contributed by atoms with Crippen molar-refractivity contribution in [3.8, 4) is 0 Å². The third-order valence-electron chi connectivity index (χ3n) is 4.00. The molecule has 0 saturated carbocycles. The second kappa shape index (κ2) is 7.56. The van der Waals surface area contributed by atoms with E-state index in [1.54, 1.807) is 0 Å². The van der Waals surface area contributed by atoms with Crippen LogP contribution in [-0.2, 0) is 11.3 Å². The lowest BCUT2D eigenvalue weighted by atomic mass is 9.99. The van der Waals surface area contributed by atoms with Crippen molar-refractivity contribution in [3.05, 3.63) is 58.3 Å². The molecule has 0 aliphatic carbocycles. The lowest BCUT2D eigenvalue weighted by Crippen LogP contribution is -2.40. The number of piperidine rings is 1. The molecule has 116 valence electrons. The van der Waals surface area contributed by atoms with Crippen molar-refractivity contribution in [1.29, 1.82) is 0 Å². The molecule has 1 atom stereocenters. The summed E-state index contributed by atoms with van der Waals surface area (Å²) in [4.78, 5) is 15.2. The van der Waals surface area contributed by atoms with E-state index in [1.165, 1.54) is 16.9 Å². The third-order valence-corrected chi connectivity index (χ3v) is 4.86. The Morgan fingerprint density at radius 1 is 1.23 bits per heavy atom. The Bertz CT molecular complexity index is 582. The molecule has 1 saturated heterocycles. The first-order valence-electron chi connectivity index (χ1n) is 7.77. The summed E-state index contributed by atoms with van der Waals surface area (Å²) in [7, 11) is 0. The Labute approximate surface area is 135 Å². The number of benzene rings is 1. The van der Waals surface area contributed by atoms with Gasteiger partial charge in [-0.1, -0.05) is 36.4 Å². The van der Waals surface area contributed by atoms with Crippen LogP contribution in [-0.4, -0.2) is 30.5 Å². The molecule has 0 spiro atoms. The van der Waals surface area contributed by atoms with Gasteiger partial charge in [0, 0.05) is 13.1 Å². The number of rotatable bonds is 5. The van der Waals surface area contributed by atoms with Crippen molar-refractivity contribution in [2.45, 2.75) is 19.4 Å². The minimum atomic E-state index is 0.169. The van der Waals surface area contributed by atoms with Gasteiger partial charge in [-0.15, -0.1) is 11.3 Å². The van der Waals surface area contributed by atoms with Gasteiger partial charge in [-0.05, 0) is 35.8 Å². The normalized spacial score (nSPS) is 18.4. The SMILES string of the molecule is O=C(c1cccs1)N1CCC[C@H](COCc2ccccc2)C1. The lowest BCUT2D eigenvalue weighted by Gasteiger charge is -2.32. The summed E-state index contributed by atoms with van der Waals surface area (Å²) >= 11 is 1.52. The highest BCUT2D eigenvalue weighted by atomic mass is 32.1. The Hall–Kier alpha value is -1.65. The van der Waals surface area contributed by atoms with Crippen molar-refractivity contribution in [1.82, 2.24) is 4.90 Å². The molecule has 4 heteroatoms. The first kappa shape index (κ1) is 15.3. The maximum Gasteiger partial charge on any atom is 0.263 e. The first-order chi connectivity index (χ1) is 10.8. The van der Waals surface area contributed by atoms with E-state index in [9.17, 15) is 4.79 Å². The summed E-state index contributed by atoms with van der Waals surface area (Å²) in [5, 5.41) is 1.96. The second-order valence-corrected chi connectivity index (χ2v) is 6.69. The van der Waals surface area contributed by atoms with Gasteiger partial charge in [0.2, 0.25) is 0 Å². The number of hydrogen-bond acceptors (Lipinski definition) is 3. The van der Waals surface area contributed by atoms with Gasteiger partial charge >= 0.3 is 0 Å². The van der Waals surface area contributed by atoms with E-state index in [-0.39, 0.29) is 5.91 Å². The van der Waals surface area contributed by atoms with Crippen LogP contribution in [0, 0.1) is 5.92 Å². The van der Waals surface area contributed by atoms with Gasteiger partial charge in [0.15, 0.2) is 0 Å². The highest BCUT2D eigenvalue weighted by molar-refractivity contribution is 7.12. The van der Waals surface area contributed by atoms with Crippen LogP contribution in [0.4, 0.5) is 0 Å². The largest absolute Gasteiger partial charge is 0.376 e. The van der Waals surface area contributed by atoms with Crippen molar-refractivity contribution in [3.63, 3.8) is 0 Å². The van der Waals surface area contributed by atoms with Crippen LogP contribution in [0.5, 0.6) is 0 Å². The number of carbonyl (C=O) groups excluding carboxylic acids is 1. The molecule has 1 aliphatic heterocycles. The molecule has 1 aliphatic rings. The molecule has 0 radical (unpaired) electrons. The Morgan fingerprint density at radius 2 is 2.09 bits per heavy atom. The third kappa shape index (κ3) is 3.96. The smallest absolute Gasteiger partial charge is 0.263 e. The van der Waals surface area contributed by atoms with E-state index >= 15 is 0 Å². The van der Waals surface area contributed by atoms with E-state index in [4.69, 9.17) is 4.74 Å². The van der Waals surface area contributed by atoms with Gasteiger partial charge in [-0.25, -0.2) is 0 Å². The summed E-state index contributed by atoms with van der Waals surface area (Å²) in [5.41, 5.74) is 1.20. The highest BCUT2D eigenvalue weighted by Crippen LogP contribution is 2.21. The molecule has 3 rings (SSSR count). The Balaban J connectivity index is 1.47. The van der Waals surface area contributed by atoms with Crippen LogP contribution < -0.4 is 0 Å². The zero-order valence-electron chi connectivity index (χ0n) is 12.6. The number of thiophene rings is 1. The molecular formula is C18H21NO2S. The number of hydrogen-bond donors (Lipinski definition) is 0. The fourth-order valence-corrected chi connectivity index (χ4v) is 3.55. The molecule has 0 bridgehead atoms. The Kier molecular flexibility index (Phi) is 5.24. The zero-order valence-corrected chi connectivity index (χ0v) is 13.4. The average molecular weight is 315 g/mol. The molecule has 0 unspecified atom stereocenters. The molecule has 22 heavy (non-hydrogen) atoms. The molecule has 3 nitrogen and oxygen atoms in total. The average Bonchev–Trinajstić information content (AvgIpc) is 3.10. The van der Waals surface area contributed by atoms with Crippen LogP contribution in [0.2, 0.25) is 0 Å². The number of nitrogens with zero attached hydrogens (tertiary/aromatic N) is 1. The molecule has 2 heterocycles. The minimum Gasteiger partial charge on any atom is -0.376 e. The first-order valence-corrected chi connectivity index (χ1v) is 8.65. The molecule has 1 aromatic carbocycles. The number of likely N-dealkylation sites (tertiary alicyclic amines) is 1. The molecular weight excluding hydrogens is 294 g/mol. The summed E-state index contributed by atoms with van der Waals surface area (Å²) < 4.78 is 5.84. The minimum absolute atomic E-state index is 0.169. The van der Waals surface area contributed by atoms with Crippen LogP contribution in [0.1, 0.15) is 28.1 Å². The van der Waals surface area contributed by atoms with E-state index in [0.717, 1.165) is 37.4 Å². The van der Waals surface area contributed by atoms with Crippen molar-refractivity contribution >= 4 is 17.2 Å². The van der Waals surface area contributed by atoms with Crippen LogP contribution in [0.25, 0.3) is 0 Å². The lowest BCUT2D eigenvalue weighted by molar-refractivity contribution is 0.0428. The van der Waals surface area contributed by atoms with Crippen LogP contribution in [0.3, 0.4) is 0 Å². The van der Waals surface area contributed by atoms with Crippen molar-refractivity contribution < 1.29 is 9.53 Å². The summed E-state index contributed by atoms with van der Waals surface area (Å²) in [5.74, 6) is 0.615. The molecule has 1 aromatic heterocycles. The Morgan fingerprint density at radius 3 is 2.86 bits per heavy atom. The fourth-order valence-electron chi connectivity index (χ4n) is 2.86. The molecule has 1 amide bonds. The van der Waals surface area contributed by atoms with Gasteiger partial charge in [0.05, 0.1) is 18.1 Å². The predicted molar refractivity (Wildman–Crippen MR) is 89.0 cm³/mol. The van der Waals surface area contributed by atoms with Crippen molar-refractivity contribution in [2.75, 3.05) is 19.7 Å². The fraction of sp³-hybridized carbons (Fsp3) is 0.389. The number of amides is 1. The van der Waals surface area contributed by atoms with Gasteiger partial charge in [-0.2, -0.15) is 0 Å². The molecule has 2 aromatic rings. The highest BCUT2D eigenvalue weighted by Gasteiger charge is 2.25. The monoisotopic (exact) mass is 315 g/mol. The van der Waals surface area contributed by atoms with E-state index in [1.807, 2.05) is 40.6 Å². The van der Waals surface area contributed by atoms with E-state index in [0.29, 0.717) is 12.5 Å². The summed E-state index contributed by atoms with van der Waals surface area (Å²) in [6.45, 7) is 3.05. The number of carbonyl (C=O) groups is 1.